The lowest BCUT2D eigenvalue weighted by Gasteiger charge is -2.36. The van der Waals surface area contributed by atoms with Crippen LogP contribution in [0.25, 0.3) is 0 Å². The molecule has 150 valence electrons. The van der Waals surface area contributed by atoms with Gasteiger partial charge in [0.2, 0.25) is 5.88 Å². The number of nitrogens with two attached hydrogens (primary N) is 1. The first-order chi connectivity index (χ1) is 14.1. The van der Waals surface area contributed by atoms with Crippen LogP contribution in [0.5, 0.6) is 11.6 Å². The standard InChI is InChI=1S/C21H24N6O2/c1-3-5-19(23-2)26-8-10-27(11-9-26)21(28)16-6-4-7-18(12-16)29-20-13-17(14-22)24-15-25-20/h3-7,12-13,15H,1-2,8-11,14,22H2/b19-5+. The molecular formula is C21H24N6O2. The highest BCUT2D eigenvalue weighted by atomic mass is 16.5. The van der Waals surface area contributed by atoms with Crippen LogP contribution in [0.1, 0.15) is 16.1 Å². The summed E-state index contributed by atoms with van der Waals surface area (Å²) in [5.74, 6) is 1.64. The van der Waals surface area contributed by atoms with Crippen molar-refractivity contribution in [2.75, 3.05) is 26.2 Å². The second kappa shape index (κ2) is 9.61. The Morgan fingerprint density at radius 1 is 1.21 bits per heavy atom. The molecule has 1 fully saturated rings. The fourth-order valence-electron chi connectivity index (χ4n) is 3.04. The van der Waals surface area contributed by atoms with Crippen LogP contribution in [-0.4, -0.2) is 58.6 Å². The normalized spacial score (nSPS) is 14.4. The molecule has 0 spiro atoms. The Morgan fingerprint density at radius 3 is 2.66 bits per heavy atom. The molecule has 2 N–H and O–H groups in total. The van der Waals surface area contributed by atoms with Crippen molar-refractivity contribution < 1.29 is 9.53 Å². The molecule has 8 nitrogen and oxygen atoms in total. The quantitative estimate of drug-likeness (QED) is 0.573. The zero-order chi connectivity index (χ0) is 20.6. The predicted molar refractivity (Wildman–Crippen MR) is 112 cm³/mol. The van der Waals surface area contributed by atoms with Crippen molar-refractivity contribution in [3.8, 4) is 11.6 Å². The van der Waals surface area contributed by atoms with Gasteiger partial charge < -0.3 is 20.3 Å². The van der Waals surface area contributed by atoms with Crippen molar-refractivity contribution in [2.45, 2.75) is 6.54 Å². The first-order valence-electron chi connectivity index (χ1n) is 9.27. The van der Waals surface area contributed by atoms with Crippen molar-refractivity contribution in [3.05, 3.63) is 72.5 Å². The SMILES string of the molecule is C=C/C=C(\N=C)N1CCN(C(=O)c2cccc(Oc3cc(CN)ncn3)c2)CC1. The Labute approximate surface area is 170 Å². The largest absolute Gasteiger partial charge is 0.439 e. The molecule has 1 amide bonds. The molecule has 29 heavy (non-hydrogen) atoms. The summed E-state index contributed by atoms with van der Waals surface area (Å²) in [6.45, 7) is 10.1. The Hall–Kier alpha value is -3.52. The number of amides is 1. The molecule has 3 rings (SSSR count). The minimum atomic E-state index is -0.0405. The highest BCUT2D eigenvalue weighted by Crippen LogP contribution is 2.22. The Balaban J connectivity index is 1.66. The summed E-state index contributed by atoms with van der Waals surface area (Å²) in [5, 5.41) is 0. The Morgan fingerprint density at radius 2 is 1.97 bits per heavy atom. The molecule has 1 aromatic heterocycles. The van der Waals surface area contributed by atoms with Crippen molar-refractivity contribution in [3.63, 3.8) is 0 Å². The average molecular weight is 392 g/mol. The Kier molecular flexibility index (Phi) is 6.70. The van der Waals surface area contributed by atoms with E-state index in [1.165, 1.54) is 6.33 Å². The van der Waals surface area contributed by atoms with Gasteiger partial charge in [-0.2, -0.15) is 0 Å². The van der Waals surface area contributed by atoms with E-state index in [1.807, 2.05) is 11.0 Å². The second-order valence-electron chi connectivity index (χ2n) is 6.38. The van der Waals surface area contributed by atoms with E-state index in [9.17, 15) is 4.79 Å². The topological polar surface area (TPSA) is 96.9 Å². The van der Waals surface area contributed by atoms with Crippen LogP contribution in [0.4, 0.5) is 0 Å². The van der Waals surface area contributed by atoms with Gasteiger partial charge in [-0.25, -0.2) is 15.0 Å². The third-order valence-corrected chi connectivity index (χ3v) is 4.53. The molecule has 0 atom stereocenters. The van der Waals surface area contributed by atoms with Crippen molar-refractivity contribution in [2.24, 2.45) is 10.7 Å². The van der Waals surface area contributed by atoms with E-state index in [4.69, 9.17) is 10.5 Å². The first kappa shape index (κ1) is 20.2. The van der Waals surface area contributed by atoms with Crippen molar-refractivity contribution in [1.29, 1.82) is 0 Å². The lowest BCUT2D eigenvalue weighted by Crippen LogP contribution is -2.48. The van der Waals surface area contributed by atoms with Gasteiger partial charge in [0.05, 0.1) is 5.69 Å². The maximum atomic E-state index is 12.9. The lowest BCUT2D eigenvalue weighted by molar-refractivity contribution is 0.0668. The molecule has 0 saturated carbocycles. The van der Waals surface area contributed by atoms with E-state index < -0.39 is 0 Å². The van der Waals surface area contributed by atoms with E-state index in [0.717, 1.165) is 5.82 Å². The van der Waals surface area contributed by atoms with Crippen LogP contribution in [-0.2, 0) is 6.54 Å². The minimum absolute atomic E-state index is 0.0405. The third kappa shape index (κ3) is 5.05. The zero-order valence-corrected chi connectivity index (χ0v) is 16.2. The van der Waals surface area contributed by atoms with E-state index in [2.05, 4.69) is 33.2 Å². The number of rotatable bonds is 7. The maximum absolute atomic E-state index is 12.9. The highest BCUT2D eigenvalue weighted by molar-refractivity contribution is 5.94. The van der Waals surface area contributed by atoms with Crippen LogP contribution in [0.15, 0.2) is 66.2 Å². The summed E-state index contributed by atoms with van der Waals surface area (Å²) in [5.41, 5.74) is 6.84. The molecule has 0 radical (unpaired) electrons. The summed E-state index contributed by atoms with van der Waals surface area (Å²) in [7, 11) is 0. The van der Waals surface area contributed by atoms with Crippen molar-refractivity contribution in [1.82, 2.24) is 19.8 Å². The molecular weight excluding hydrogens is 368 g/mol. The van der Waals surface area contributed by atoms with Gasteiger partial charge in [-0.1, -0.05) is 18.7 Å². The van der Waals surface area contributed by atoms with E-state index in [0.29, 0.717) is 55.6 Å². The van der Waals surface area contributed by atoms with Crippen LogP contribution in [0, 0.1) is 0 Å². The molecule has 0 bridgehead atoms. The van der Waals surface area contributed by atoms with Gasteiger partial charge in [0.1, 0.15) is 17.9 Å². The van der Waals surface area contributed by atoms with Gasteiger partial charge in [0.25, 0.3) is 5.91 Å². The number of allylic oxidation sites excluding steroid dienone is 2. The molecule has 1 aromatic carbocycles. The number of piperazine rings is 1. The lowest BCUT2D eigenvalue weighted by atomic mass is 10.1. The highest BCUT2D eigenvalue weighted by Gasteiger charge is 2.23. The first-order valence-corrected chi connectivity index (χ1v) is 9.27. The number of carbonyl (C=O) groups excluding carboxylic acids is 1. The molecule has 1 aliphatic rings. The second-order valence-corrected chi connectivity index (χ2v) is 6.38. The van der Waals surface area contributed by atoms with Crippen molar-refractivity contribution >= 4 is 12.6 Å². The van der Waals surface area contributed by atoms with E-state index in [-0.39, 0.29) is 5.91 Å². The van der Waals surface area contributed by atoms with E-state index in [1.54, 1.807) is 36.4 Å². The van der Waals surface area contributed by atoms with Gasteiger partial charge in [0.15, 0.2) is 0 Å². The molecule has 2 heterocycles. The molecule has 1 saturated heterocycles. The third-order valence-electron chi connectivity index (χ3n) is 4.53. The van der Waals surface area contributed by atoms with Crippen LogP contribution < -0.4 is 10.5 Å². The molecule has 2 aromatic rings. The number of hydrogen-bond donors (Lipinski definition) is 1. The van der Waals surface area contributed by atoms with Gasteiger partial charge in [-0.05, 0) is 31.0 Å². The monoisotopic (exact) mass is 392 g/mol. The van der Waals surface area contributed by atoms with Gasteiger partial charge >= 0.3 is 0 Å². The van der Waals surface area contributed by atoms with E-state index >= 15 is 0 Å². The van der Waals surface area contributed by atoms with Gasteiger partial charge in [0, 0.05) is 44.4 Å². The number of nitrogens with zero attached hydrogens (tertiary/aromatic N) is 5. The number of benzene rings is 1. The summed E-state index contributed by atoms with van der Waals surface area (Å²) in [6.07, 6.45) is 4.90. The Bertz CT molecular complexity index is 919. The molecule has 0 aliphatic carbocycles. The fourth-order valence-corrected chi connectivity index (χ4v) is 3.04. The average Bonchev–Trinajstić information content (AvgIpc) is 2.77. The molecule has 1 aliphatic heterocycles. The molecule has 0 unspecified atom stereocenters. The van der Waals surface area contributed by atoms with Crippen LogP contribution >= 0.6 is 0 Å². The number of ether oxygens (including phenoxy) is 1. The number of aromatic nitrogens is 2. The number of aliphatic imine (C=N–C) groups is 1. The summed E-state index contributed by atoms with van der Waals surface area (Å²) >= 11 is 0. The van der Waals surface area contributed by atoms with Crippen LogP contribution in [0.3, 0.4) is 0 Å². The van der Waals surface area contributed by atoms with Gasteiger partial charge in [-0.15, -0.1) is 0 Å². The zero-order valence-electron chi connectivity index (χ0n) is 16.2. The summed E-state index contributed by atoms with van der Waals surface area (Å²) in [6, 6.07) is 8.74. The maximum Gasteiger partial charge on any atom is 0.254 e. The summed E-state index contributed by atoms with van der Waals surface area (Å²) in [4.78, 5) is 29.0. The fraction of sp³-hybridized carbons (Fsp3) is 0.238. The smallest absolute Gasteiger partial charge is 0.254 e. The predicted octanol–water partition coefficient (Wildman–Crippen LogP) is 2.21. The number of hydrogen-bond acceptors (Lipinski definition) is 7. The molecule has 8 heteroatoms. The minimum Gasteiger partial charge on any atom is -0.439 e. The van der Waals surface area contributed by atoms with Gasteiger partial charge in [-0.3, -0.25) is 4.79 Å². The number of carbonyl (C=O) groups is 1. The summed E-state index contributed by atoms with van der Waals surface area (Å²) < 4.78 is 5.77. The van der Waals surface area contributed by atoms with Crippen LogP contribution in [0.2, 0.25) is 0 Å².